The van der Waals surface area contributed by atoms with Gasteiger partial charge in [0.25, 0.3) is 0 Å². The third-order valence-corrected chi connectivity index (χ3v) is 7.64. The van der Waals surface area contributed by atoms with Crippen LogP contribution in [0.1, 0.15) is 84.9 Å². The molecular formula is C24H27F3INO3. The van der Waals surface area contributed by atoms with E-state index in [0.717, 1.165) is 51.9 Å². The predicted octanol–water partition coefficient (Wildman–Crippen LogP) is 5.69. The van der Waals surface area contributed by atoms with Crippen molar-refractivity contribution in [3.05, 3.63) is 61.5 Å². The molecule has 2 aliphatic rings. The van der Waals surface area contributed by atoms with Crippen molar-refractivity contribution in [2.45, 2.75) is 63.8 Å². The SMILES string of the molecule is CC1(C)Cc2nc(C3CCOCC3)c([C@@H](O)c3ccc(C(F)(F)F)cc3)c(I)c2[C@@H](O)C1. The van der Waals surface area contributed by atoms with Crippen LogP contribution in [0, 0.1) is 8.99 Å². The van der Waals surface area contributed by atoms with Gasteiger partial charge in [-0.1, -0.05) is 26.0 Å². The van der Waals surface area contributed by atoms with Crippen LogP contribution in [0.3, 0.4) is 0 Å². The molecule has 2 N–H and O–H groups in total. The summed E-state index contributed by atoms with van der Waals surface area (Å²) in [4.78, 5) is 4.99. The molecule has 1 aliphatic heterocycles. The van der Waals surface area contributed by atoms with E-state index in [1.807, 2.05) is 0 Å². The molecule has 2 atom stereocenters. The van der Waals surface area contributed by atoms with Gasteiger partial charge in [0.15, 0.2) is 0 Å². The van der Waals surface area contributed by atoms with E-state index >= 15 is 0 Å². The van der Waals surface area contributed by atoms with Crippen molar-refractivity contribution < 1.29 is 28.1 Å². The normalized spacial score (nSPS) is 22.4. The molecule has 0 unspecified atom stereocenters. The molecule has 1 aromatic heterocycles. The van der Waals surface area contributed by atoms with Crippen molar-refractivity contribution in [1.29, 1.82) is 0 Å². The van der Waals surface area contributed by atoms with E-state index in [4.69, 9.17) is 9.72 Å². The first-order chi connectivity index (χ1) is 15.0. The van der Waals surface area contributed by atoms with Crippen LogP contribution in [-0.4, -0.2) is 28.4 Å². The smallest absolute Gasteiger partial charge is 0.388 e. The van der Waals surface area contributed by atoms with Crippen LogP contribution < -0.4 is 0 Å². The second-order valence-corrected chi connectivity index (χ2v) is 10.6. The van der Waals surface area contributed by atoms with E-state index in [9.17, 15) is 23.4 Å². The van der Waals surface area contributed by atoms with E-state index < -0.39 is 23.9 Å². The van der Waals surface area contributed by atoms with Gasteiger partial charge in [-0.25, -0.2) is 0 Å². The summed E-state index contributed by atoms with van der Waals surface area (Å²) in [5.74, 6) is 0.0869. The Morgan fingerprint density at radius 3 is 2.38 bits per heavy atom. The molecule has 4 nitrogen and oxygen atoms in total. The third-order valence-electron chi connectivity index (χ3n) is 6.48. The van der Waals surface area contributed by atoms with Gasteiger partial charge in [0.1, 0.15) is 6.10 Å². The molecule has 0 radical (unpaired) electrons. The fourth-order valence-electron chi connectivity index (χ4n) is 4.84. The predicted molar refractivity (Wildman–Crippen MR) is 122 cm³/mol. The van der Waals surface area contributed by atoms with Gasteiger partial charge in [-0.3, -0.25) is 4.98 Å². The van der Waals surface area contributed by atoms with E-state index in [1.165, 1.54) is 12.1 Å². The summed E-state index contributed by atoms with van der Waals surface area (Å²) >= 11 is 2.16. The first-order valence-electron chi connectivity index (χ1n) is 10.8. The van der Waals surface area contributed by atoms with Gasteiger partial charge in [-0.15, -0.1) is 0 Å². The van der Waals surface area contributed by atoms with Crippen LogP contribution in [0.15, 0.2) is 24.3 Å². The molecule has 0 amide bonds. The molecule has 1 aliphatic carbocycles. The molecule has 2 heterocycles. The zero-order valence-electron chi connectivity index (χ0n) is 18.0. The highest BCUT2D eigenvalue weighted by molar-refractivity contribution is 14.1. The average Bonchev–Trinajstić information content (AvgIpc) is 2.72. The summed E-state index contributed by atoms with van der Waals surface area (Å²) in [5.41, 5.74) is 2.47. The van der Waals surface area contributed by atoms with Gasteiger partial charge in [-0.05, 0) is 71.4 Å². The number of fused-ring (bicyclic) bond motifs is 1. The van der Waals surface area contributed by atoms with E-state index in [-0.39, 0.29) is 11.3 Å². The number of aliphatic hydroxyl groups excluding tert-OH is 2. The monoisotopic (exact) mass is 561 g/mol. The molecule has 0 spiro atoms. The third kappa shape index (κ3) is 4.69. The highest BCUT2D eigenvalue weighted by atomic mass is 127. The van der Waals surface area contributed by atoms with Crippen molar-refractivity contribution in [1.82, 2.24) is 4.98 Å². The number of aliphatic hydroxyl groups is 2. The number of ether oxygens (including phenoxy) is 1. The Labute approximate surface area is 199 Å². The van der Waals surface area contributed by atoms with Crippen LogP contribution in [0.4, 0.5) is 13.2 Å². The van der Waals surface area contributed by atoms with Gasteiger partial charge in [0, 0.05) is 39.5 Å². The van der Waals surface area contributed by atoms with Crippen LogP contribution >= 0.6 is 22.6 Å². The lowest BCUT2D eigenvalue weighted by Crippen LogP contribution is -2.30. The minimum atomic E-state index is -4.44. The van der Waals surface area contributed by atoms with E-state index in [2.05, 4.69) is 36.4 Å². The topological polar surface area (TPSA) is 62.6 Å². The number of hydrogen-bond acceptors (Lipinski definition) is 4. The second kappa shape index (κ2) is 8.85. The Morgan fingerprint density at radius 2 is 1.78 bits per heavy atom. The molecule has 2 aromatic rings. The zero-order valence-corrected chi connectivity index (χ0v) is 20.2. The van der Waals surface area contributed by atoms with Crippen LogP contribution in [-0.2, 0) is 17.3 Å². The Hall–Kier alpha value is -1.23. The maximum Gasteiger partial charge on any atom is 0.416 e. The molecule has 1 fully saturated rings. The summed E-state index contributed by atoms with van der Waals surface area (Å²) in [6.07, 6.45) is -3.43. The summed E-state index contributed by atoms with van der Waals surface area (Å²) < 4.78 is 45.2. The number of rotatable bonds is 3. The van der Waals surface area contributed by atoms with E-state index in [0.29, 0.717) is 30.8 Å². The van der Waals surface area contributed by atoms with Crippen LogP contribution in [0.5, 0.6) is 0 Å². The largest absolute Gasteiger partial charge is 0.416 e. The lowest BCUT2D eigenvalue weighted by Gasteiger charge is -2.37. The van der Waals surface area contributed by atoms with Crippen molar-refractivity contribution in [2.24, 2.45) is 5.41 Å². The molecule has 174 valence electrons. The number of benzene rings is 1. The number of aromatic nitrogens is 1. The molecule has 4 rings (SSSR count). The molecule has 1 saturated heterocycles. The second-order valence-electron chi connectivity index (χ2n) is 9.55. The van der Waals surface area contributed by atoms with Crippen LogP contribution in [0.2, 0.25) is 0 Å². The number of halogens is 4. The Balaban J connectivity index is 1.83. The van der Waals surface area contributed by atoms with Gasteiger partial charge in [0.05, 0.1) is 17.4 Å². The first kappa shape index (κ1) is 23.9. The van der Waals surface area contributed by atoms with Gasteiger partial charge in [-0.2, -0.15) is 13.2 Å². The number of pyridine rings is 1. The lowest BCUT2D eigenvalue weighted by molar-refractivity contribution is -0.137. The van der Waals surface area contributed by atoms with Crippen molar-refractivity contribution >= 4 is 22.6 Å². The molecule has 32 heavy (non-hydrogen) atoms. The Morgan fingerprint density at radius 1 is 1.16 bits per heavy atom. The van der Waals surface area contributed by atoms with Crippen molar-refractivity contribution in [3.8, 4) is 0 Å². The quantitative estimate of drug-likeness (QED) is 0.474. The standard InChI is InChI=1S/C24H27F3INO3/c1-23(2)11-16-18(17(30)12-23)20(28)19(21(29-16)13-7-9-32-10-8-13)22(31)14-3-5-15(6-4-14)24(25,26)27/h3-6,13,17,22,30-31H,7-12H2,1-2H3/t17-,22-/m0/s1. The van der Waals surface area contributed by atoms with E-state index in [1.54, 1.807) is 0 Å². The zero-order chi connectivity index (χ0) is 23.3. The minimum absolute atomic E-state index is 0.0869. The highest BCUT2D eigenvalue weighted by Gasteiger charge is 2.38. The number of hydrogen-bond donors (Lipinski definition) is 2. The van der Waals surface area contributed by atoms with Crippen LogP contribution in [0.25, 0.3) is 0 Å². The van der Waals surface area contributed by atoms with Gasteiger partial charge >= 0.3 is 6.18 Å². The molecule has 0 saturated carbocycles. The van der Waals surface area contributed by atoms with Crippen molar-refractivity contribution in [2.75, 3.05) is 13.2 Å². The highest BCUT2D eigenvalue weighted by Crippen LogP contribution is 2.46. The van der Waals surface area contributed by atoms with Crippen molar-refractivity contribution in [3.63, 3.8) is 0 Å². The molecule has 1 aromatic carbocycles. The summed E-state index contributed by atoms with van der Waals surface area (Å²) in [7, 11) is 0. The maximum absolute atomic E-state index is 13.0. The summed E-state index contributed by atoms with van der Waals surface area (Å²) in [5, 5.41) is 22.2. The lowest BCUT2D eigenvalue weighted by atomic mass is 9.74. The average molecular weight is 561 g/mol. The maximum atomic E-state index is 13.0. The fraction of sp³-hybridized carbons (Fsp3) is 0.542. The van der Waals surface area contributed by atoms with Gasteiger partial charge < -0.3 is 14.9 Å². The summed E-state index contributed by atoms with van der Waals surface area (Å²) in [6.45, 7) is 5.41. The minimum Gasteiger partial charge on any atom is -0.388 e. The number of nitrogens with zero attached hydrogens (tertiary/aromatic N) is 1. The molecule has 0 bridgehead atoms. The molecule has 8 heteroatoms. The molecular weight excluding hydrogens is 534 g/mol. The summed E-state index contributed by atoms with van der Waals surface area (Å²) in [6, 6.07) is 4.61. The van der Waals surface area contributed by atoms with Gasteiger partial charge in [0.2, 0.25) is 0 Å². The first-order valence-corrected chi connectivity index (χ1v) is 11.9. The number of alkyl halides is 3. The Kier molecular flexibility index (Phi) is 6.61. The Bertz CT molecular complexity index is 985. The fourth-order valence-corrected chi connectivity index (χ4v) is 6.08.